The van der Waals surface area contributed by atoms with E-state index in [9.17, 15) is 18.8 Å². The van der Waals surface area contributed by atoms with Gasteiger partial charge in [0.05, 0.1) is 6.54 Å². The molecule has 0 saturated carbocycles. The van der Waals surface area contributed by atoms with Gasteiger partial charge in [-0.15, -0.1) is 0 Å². The summed E-state index contributed by atoms with van der Waals surface area (Å²) in [5.74, 6) is -1.28. The van der Waals surface area contributed by atoms with Crippen LogP contribution in [-0.2, 0) is 14.4 Å². The van der Waals surface area contributed by atoms with Crippen LogP contribution in [0.2, 0.25) is 0 Å². The van der Waals surface area contributed by atoms with Crippen LogP contribution in [0.1, 0.15) is 13.3 Å². The van der Waals surface area contributed by atoms with Crippen LogP contribution >= 0.6 is 0 Å². The summed E-state index contributed by atoms with van der Waals surface area (Å²) in [5.41, 5.74) is 6.20. The Morgan fingerprint density at radius 3 is 2.44 bits per heavy atom. The summed E-state index contributed by atoms with van der Waals surface area (Å²) in [6.45, 7) is 2.64. The number of primary amides is 1. The van der Waals surface area contributed by atoms with Gasteiger partial charge in [0.15, 0.2) is 0 Å². The molecule has 1 aromatic carbocycles. The van der Waals surface area contributed by atoms with Crippen molar-refractivity contribution >= 4 is 23.4 Å². The minimum atomic E-state index is -0.804. The first-order chi connectivity index (χ1) is 11.8. The van der Waals surface area contributed by atoms with Crippen LogP contribution in [0.4, 0.5) is 10.1 Å². The van der Waals surface area contributed by atoms with Gasteiger partial charge in [0.1, 0.15) is 11.9 Å². The number of carbonyl (C=O) groups is 3. The van der Waals surface area contributed by atoms with Crippen molar-refractivity contribution in [1.82, 2.24) is 9.80 Å². The van der Waals surface area contributed by atoms with Gasteiger partial charge in [-0.3, -0.25) is 14.4 Å². The van der Waals surface area contributed by atoms with Crippen molar-refractivity contribution in [2.24, 2.45) is 5.73 Å². The van der Waals surface area contributed by atoms with Crippen LogP contribution in [0.15, 0.2) is 24.3 Å². The molecule has 0 aliphatic carbocycles. The number of halogens is 1. The van der Waals surface area contributed by atoms with Gasteiger partial charge in [-0.2, -0.15) is 0 Å². The molecule has 3 amide bonds. The summed E-state index contributed by atoms with van der Waals surface area (Å²) in [7, 11) is 1.81. The number of rotatable bonds is 5. The summed E-state index contributed by atoms with van der Waals surface area (Å²) in [6.07, 6.45) is 0.192. The number of hydrogen-bond donors (Lipinski definition) is 1. The third kappa shape index (κ3) is 4.68. The highest BCUT2D eigenvalue weighted by atomic mass is 19.1. The number of amides is 3. The quantitative estimate of drug-likeness (QED) is 0.822. The van der Waals surface area contributed by atoms with Crippen molar-refractivity contribution in [3.63, 3.8) is 0 Å². The molecule has 2 N–H and O–H groups in total. The third-order valence-electron chi connectivity index (χ3n) is 4.40. The number of carbonyl (C=O) groups excluding carboxylic acids is 3. The zero-order chi connectivity index (χ0) is 18.6. The fourth-order valence-corrected chi connectivity index (χ4v) is 2.84. The van der Waals surface area contributed by atoms with Crippen molar-refractivity contribution in [1.29, 1.82) is 0 Å². The second-order valence-electron chi connectivity index (χ2n) is 6.12. The average molecular weight is 350 g/mol. The lowest BCUT2D eigenvalue weighted by Crippen LogP contribution is -2.60. The zero-order valence-electron chi connectivity index (χ0n) is 14.4. The molecule has 0 bridgehead atoms. The summed E-state index contributed by atoms with van der Waals surface area (Å²) in [4.78, 5) is 40.5. The molecule has 8 heteroatoms. The van der Waals surface area contributed by atoms with E-state index in [4.69, 9.17) is 5.73 Å². The fraction of sp³-hybridized carbons (Fsp3) is 0.471. The maximum absolute atomic E-state index is 13.0. The molecule has 1 atom stereocenters. The molecule has 0 radical (unpaired) electrons. The van der Waals surface area contributed by atoms with Crippen LogP contribution in [-0.4, -0.2) is 66.8 Å². The van der Waals surface area contributed by atoms with Gasteiger partial charge in [0.2, 0.25) is 17.7 Å². The van der Waals surface area contributed by atoms with Crippen molar-refractivity contribution in [2.45, 2.75) is 19.4 Å². The number of hydrogen-bond acceptors (Lipinski definition) is 4. The van der Waals surface area contributed by atoms with Crippen molar-refractivity contribution in [2.75, 3.05) is 38.1 Å². The van der Waals surface area contributed by atoms with Gasteiger partial charge in [-0.25, -0.2) is 4.39 Å². The Bertz CT molecular complexity index is 650. The molecule has 1 aliphatic heterocycles. The van der Waals surface area contributed by atoms with E-state index in [1.807, 2.05) is 4.90 Å². The predicted octanol–water partition coefficient (Wildman–Crippen LogP) is 0.197. The number of nitrogens with two attached hydrogens (primary N) is 1. The van der Waals surface area contributed by atoms with Gasteiger partial charge in [-0.1, -0.05) is 0 Å². The average Bonchev–Trinajstić information content (AvgIpc) is 2.59. The van der Waals surface area contributed by atoms with Gasteiger partial charge in [0.25, 0.3) is 0 Å². The SMILES string of the molecule is CC(=O)N1CCN(C(=O)CCN(C)c2ccc(F)cc2)C(C(N)=O)C1. The molecule has 0 spiro atoms. The Kier molecular flexibility index (Phi) is 5.95. The van der Waals surface area contributed by atoms with Crippen LogP contribution < -0.4 is 10.6 Å². The zero-order valence-corrected chi connectivity index (χ0v) is 14.4. The molecule has 1 aliphatic rings. The van der Waals surface area contributed by atoms with Crippen molar-refractivity contribution in [3.05, 3.63) is 30.1 Å². The van der Waals surface area contributed by atoms with E-state index in [1.165, 1.54) is 28.9 Å². The van der Waals surface area contributed by atoms with E-state index in [0.29, 0.717) is 13.1 Å². The summed E-state index contributed by atoms with van der Waals surface area (Å²) >= 11 is 0. The summed E-state index contributed by atoms with van der Waals surface area (Å²) in [5, 5.41) is 0. The Hall–Kier alpha value is -2.64. The first-order valence-electron chi connectivity index (χ1n) is 8.10. The van der Waals surface area contributed by atoms with Gasteiger partial charge in [0, 0.05) is 45.7 Å². The first-order valence-corrected chi connectivity index (χ1v) is 8.10. The standard InChI is InChI=1S/C17H23FN4O3/c1-12(23)21-9-10-22(15(11-21)17(19)25)16(24)7-8-20(2)14-5-3-13(18)4-6-14/h3-6,15H,7-11H2,1-2H3,(H2,19,25). The molecule has 2 rings (SSSR count). The highest BCUT2D eigenvalue weighted by Gasteiger charge is 2.34. The molecule has 1 saturated heterocycles. The van der Waals surface area contributed by atoms with Crippen LogP contribution in [0.3, 0.4) is 0 Å². The smallest absolute Gasteiger partial charge is 0.242 e. The van der Waals surface area contributed by atoms with Gasteiger partial charge >= 0.3 is 0 Å². The van der Waals surface area contributed by atoms with E-state index in [1.54, 1.807) is 19.2 Å². The minimum absolute atomic E-state index is 0.129. The molecular weight excluding hydrogens is 327 g/mol. The Balaban J connectivity index is 1.95. The van der Waals surface area contributed by atoms with Crippen LogP contribution in [0.25, 0.3) is 0 Å². The Morgan fingerprint density at radius 2 is 1.88 bits per heavy atom. The van der Waals surface area contributed by atoms with Crippen LogP contribution in [0, 0.1) is 5.82 Å². The lowest BCUT2D eigenvalue weighted by atomic mass is 10.1. The third-order valence-corrected chi connectivity index (χ3v) is 4.40. The highest BCUT2D eigenvalue weighted by molar-refractivity contribution is 5.88. The normalized spacial score (nSPS) is 17.3. The topological polar surface area (TPSA) is 87.0 Å². The van der Waals surface area contributed by atoms with Crippen molar-refractivity contribution < 1.29 is 18.8 Å². The molecule has 136 valence electrons. The number of nitrogens with zero attached hydrogens (tertiary/aromatic N) is 3. The number of benzene rings is 1. The molecule has 7 nitrogen and oxygen atoms in total. The Labute approximate surface area is 146 Å². The molecule has 1 heterocycles. The lowest BCUT2D eigenvalue weighted by Gasteiger charge is -2.39. The van der Waals surface area contributed by atoms with E-state index in [-0.39, 0.29) is 37.1 Å². The largest absolute Gasteiger partial charge is 0.374 e. The minimum Gasteiger partial charge on any atom is -0.374 e. The van der Waals surface area contributed by atoms with E-state index >= 15 is 0 Å². The second kappa shape index (κ2) is 7.96. The van der Waals surface area contributed by atoms with Gasteiger partial charge < -0.3 is 20.4 Å². The van der Waals surface area contributed by atoms with Crippen LogP contribution in [0.5, 0.6) is 0 Å². The van der Waals surface area contributed by atoms with Gasteiger partial charge in [-0.05, 0) is 24.3 Å². The highest BCUT2D eigenvalue weighted by Crippen LogP contribution is 2.15. The molecular formula is C17H23FN4O3. The number of anilines is 1. The monoisotopic (exact) mass is 350 g/mol. The molecule has 0 aromatic heterocycles. The first kappa shape index (κ1) is 18.7. The second-order valence-corrected chi connectivity index (χ2v) is 6.12. The van der Waals surface area contributed by atoms with E-state index in [0.717, 1.165) is 5.69 Å². The summed E-state index contributed by atoms with van der Waals surface area (Å²) < 4.78 is 13.0. The summed E-state index contributed by atoms with van der Waals surface area (Å²) in [6, 6.07) is 5.19. The maximum Gasteiger partial charge on any atom is 0.242 e. The molecule has 1 aromatic rings. The maximum atomic E-state index is 13.0. The van der Waals surface area contributed by atoms with E-state index < -0.39 is 11.9 Å². The molecule has 1 fully saturated rings. The fourth-order valence-electron chi connectivity index (χ4n) is 2.84. The molecule has 1 unspecified atom stereocenters. The van der Waals surface area contributed by atoms with Crippen molar-refractivity contribution in [3.8, 4) is 0 Å². The van der Waals surface area contributed by atoms with E-state index in [2.05, 4.69) is 0 Å². The predicted molar refractivity (Wildman–Crippen MR) is 91.2 cm³/mol. The Morgan fingerprint density at radius 1 is 1.24 bits per heavy atom. The lowest BCUT2D eigenvalue weighted by molar-refractivity contribution is -0.146. The molecule has 25 heavy (non-hydrogen) atoms. The number of piperazine rings is 1.